The maximum absolute atomic E-state index is 14.1. The van der Waals surface area contributed by atoms with Crippen molar-refractivity contribution in [1.29, 1.82) is 0 Å². The van der Waals surface area contributed by atoms with Gasteiger partial charge in [-0.2, -0.15) is 0 Å². The largest absolute Gasteiger partial charge is 0.755 e. The van der Waals surface area contributed by atoms with E-state index < -0.39 is 22.9 Å². The van der Waals surface area contributed by atoms with E-state index >= 15 is 0 Å². The van der Waals surface area contributed by atoms with E-state index in [1.54, 1.807) is 34.9 Å². The van der Waals surface area contributed by atoms with E-state index in [4.69, 9.17) is 0 Å². The molecule has 0 saturated carbocycles. The third-order valence-electron chi connectivity index (χ3n) is 4.02. The van der Waals surface area contributed by atoms with Crippen molar-refractivity contribution in [3.05, 3.63) is 83.9 Å². The van der Waals surface area contributed by atoms with Crippen LogP contribution < -0.4 is 4.72 Å². The minimum Gasteiger partial charge on any atom is -0.755 e. The van der Waals surface area contributed by atoms with E-state index in [-0.39, 0.29) is 4.90 Å². The number of nitrogens with one attached hydrogen (secondary N) is 1. The Morgan fingerprint density at radius 1 is 1.17 bits per heavy atom. The van der Waals surface area contributed by atoms with Crippen LogP contribution in [0.2, 0.25) is 0 Å². The molecule has 2 aromatic carbocycles. The molecule has 0 saturated heterocycles. The Morgan fingerprint density at radius 2 is 2.03 bits per heavy atom. The van der Waals surface area contributed by atoms with Crippen LogP contribution in [0.4, 0.5) is 14.5 Å². The molecular weight excluding hydrogens is 418 g/mol. The average Bonchev–Trinajstić information content (AvgIpc) is 3.08. The molecule has 1 atom stereocenters. The molecule has 2 heterocycles. The summed E-state index contributed by atoms with van der Waals surface area (Å²) in [5.41, 5.74) is 1.92. The quantitative estimate of drug-likeness (QED) is 0.468. The van der Waals surface area contributed by atoms with Gasteiger partial charge in [0.05, 0.1) is 11.4 Å². The van der Waals surface area contributed by atoms with Gasteiger partial charge < -0.3 is 9.27 Å². The van der Waals surface area contributed by atoms with Crippen molar-refractivity contribution in [3.8, 4) is 0 Å². The Bertz CT molecular complexity index is 1180. The number of benzene rings is 2. The summed E-state index contributed by atoms with van der Waals surface area (Å²) in [6.45, 7) is 0. The topological polar surface area (TPSA) is 82.3 Å². The fourth-order valence-electron chi connectivity index (χ4n) is 2.79. The molecule has 10 heteroatoms. The van der Waals surface area contributed by atoms with Crippen LogP contribution in [0.3, 0.4) is 0 Å². The maximum Gasteiger partial charge on any atom is 0.233 e. The summed E-state index contributed by atoms with van der Waals surface area (Å²) >= 11 is -1.53. The number of anilines is 1. The maximum atomic E-state index is 14.1. The van der Waals surface area contributed by atoms with Crippen molar-refractivity contribution in [2.24, 2.45) is 0 Å². The molecular formula is C19H13F2N4O2S2-. The standard InChI is InChI=1S/C19H14F2N4O2S2/c20-13-3-5-17(15(21)10-13)28-18-9-12(2-4-16(18)24-29(26)27)8-14-11-25-7-1-6-22-19(25)23-14/h1-7,9-11,24H,8H2,(H,26,27)/p-1. The highest BCUT2D eigenvalue weighted by atomic mass is 32.2. The first-order chi connectivity index (χ1) is 14.0. The summed E-state index contributed by atoms with van der Waals surface area (Å²) in [6, 6.07) is 10.2. The van der Waals surface area contributed by atoms with Gasteiger partial charge in [-0.3, -0.25) is 8.61 Å². The first-order valence-corrected chi connectivity index (χ1v) is 10.3. The molecule has 0 radical (unpaired) electrons. The van der Waals surface area contributed by atoms with Gasteiger partial charge in [0.25, 0.3) is 0 Å². The molecule has 1 unspecified atom stereocenters. The van der Waals surface area contributed by atoms with Crippen molar-refractivity contribution in [1.82, 2.24) is 14.4 Å². The molecule has 4 aromatic rings. The highest BCUT2D eigenvalue weighted by molar-refractivity contribution is 7.99. The number of hydrogen-bond acceptors (Lipinski definition) is 5. The van der Waals surface area contributed by atoms with Crippen molar-refractivity contribution in [2.45, 2.75) is 16.2 Å². The van der Waals surface area contributed by atoms with Gasteiger partial charge in [-0.1, -0.05) is 17.8 Å². The molecule has 0 bridgehead atoms. The van der Waals surface area contributed by atoms with Crippen molar-refractivity contribution in [3.63, 3.8) is 0 Å². The predicted octanol–water partition coefficient (Wildman–Crippen LogP) is 3.96. The SMILES string of the molecule is O=S([O-])Nc1ccc(Cc2cn3cccnc3n2)cc1Sc1ccc(F)cc1F. The molecule has 0 amide bonds. The first kappa shape index (κ1) is 19.5. The van der Waals surface area contributed by atoms with Crippen LogP contribution in [-0.2, 0) is 17.7 Å². The fourth-order valence-corrected chi connectivity index (χ4v) is 4.18. The smallest absolute Gasteiger partial charge is 0.233 e. The molecule has 0 aliphatic carbocycles. The number of aromatic nitrogens is 3. The summed E-state index contributed by atoms with van der Waals surface area (Å²) in [4.78, 5) is 9.29. The molecule has 0 fully saturated rings. The van der Waals surface area contributed by atoms with Crippen LogP contribution >= 0.6 is 11.8 Å². The van der Waals surface area contributed by atoms with Crippen LogP contribution in [0.15, 0.2) is 70.8 Å². The summed E-state index contributed by atoms with van der Waals surface area (Å²) in [6.07, 6.45) is 5.83. The summed E-state index contributed by atoms with van der Waals surface area (Å²) in [5, 5.41) is 0. The second-order valence-electron chi connectivity index (χ2n) is 6.08. The molecule has 2 aromatic heterocycles. The molecule has 4 rings (SSSR count). The predicted molar refractivity (Wildman–Crippen MR) is 105 cm³/mol. The molecule has 0 aliphatic rings. The summed E-state index contributed by atoms with van der Waals surface area (Å²) < 4.78 is 53.5. The van der Waals surface area contributed by atoms with Gasteiger partial charge in [0, 0.05) is 52.1 Å². The third kappa shape index (κ3) is 4.61. The lowest BCUT2D eigenvalue weighted by atomic mass is 10.1. The number of fused-ring (bicyclic) bond motifs is 1. The minimum atomic E-state index is -2.54. The highest BCUT2D eigenvalue weighted by Gasteiger charge is 2.12. The van der Waals surface area contributed by atoms with Crippen molar-refractivity contribution < 1.29 is 17.5 Å². The van der Waals surface area contributed by atoms with Gasteiger partial charge in [-0.15, -0.1) is 0 Å². The Balaban J connectivity index is 1.66. The lowest BCUT2D eigenvalue weighted by molar-refractivity contribution is 0.542. The number of halogens is 2. The zero-order chi connectivity index (χ0) is 20.4. The molecule has 0 aliphatic heterocycles. The van der Waals surface area contributed by atoms with E-state index in [1.165, 1.54) is 6.07 Å². The van der Waals surface area contributed by atoms with Crippen LogP contribution in [0, 0.1) is 11.6 Å². The number of rotatable bonds is 6. The number of nitrogens with zero attached hydrogens (tertiary/aromatic N) is 3. The average molecular weight is 431 g/mol. The van der Waals surface area contributed by atoms with Crippen LogP contribution in [-0.4, -0.2) is 23.1 Å². The monoisotopic (exact) mass is 431 g/mol. The second-order valence-corrected chi connectivity index (χ2v) is 7.84. The Morgan fingerprint density at radius 3 is 2.79 bits per heavy atom. The van der Waals surface area contributed by atoms with Gasteiger partial charge >= 0.3 is 0 Å². The second kappa shape index (κ2) is 8.27. The van der Waals surface area contributed by atoms with Gasteiger partial charge in [-0.25, -0.2) is 18.7 Å². The number of imidazole rings is 1. The Hall–Kier alpha value is -2.82. The summed E-state index contributed by atoms with van der Waals surface area (Å²) in [5.74, 6) is -0.827. The summed E-state index contributed by atoms with van der Waals surface area (Å²) in [7, 11) is 0. The zero-order valence-corrected chi connectivity index (χ0v) is 16.3. The van der Waals surface area contributed by atoms with Crippen LogP contribution in [0.1, 0.15) is 11.3 Å². The molecule has 29 heavy (non-hydrogen) atoms. The Kier molecular flexibility index (Phi) is 5.56. The highest BCUT2D eigenvalue weighted by Crippen LogP contribution is 2.36. The lowest BCUT2D eigenvalue weighted by Crippen LogP contribution is -2.04. The minimum absolute atomic E-state index is 0.181. The van der Waals surface area contributed by atoms with E-state index in [2.05, 4.69) is 14.7 Å². The van der Waals surface area contributed by atoms with Gasteiger partial charge in [0.1, 0.15) is 11.6 Å². The molecule has 6 nitrogen and oxygen atoms in total. The van der Waals surface area contributed by atoms with Gasteiger partial charge in [-0.05, 0) is 35.9 Å². The number of hydrogen-bond donors (Lipinski definition) is 1. The van der Waals surface area contributed by atoms with Crippen molar-refractivity contribution >= 4 is 34.5 Å². The molecule has 1 N–H and O–H groups in total. The first-order valence-electron chi connectivity index (χ1n) is 8.38. The van der Waals surface area contributed by atoms with Crippen LogP contribution in [0.25, 0.3) is 5.78 Å². The van der Waals surface area contributed by atoms with E-state index in [0.29, 0.717) is 22.8 Å². The van der Waals surface area contributed by atoms with E-state index in [0.717, 1.165) is 35.2 Å². The lowest BCUT2D eigenvalue weighted by Gasteiger charge is -2.15. The zero-order valence-electron chi connectivity index (χ0n) is 14.7. The molecule has 0 spiro atoms. The molecule has 148 valence electrons. The fraction of sp³-hybridized carbons (Fsp3) is 0.0526. The van der Waals surface area contributed by atoms with Gasteiger partial charge in [0.2, 0.25) is 5.78 Å². The van der Waals surface area contributed by atoms with Gasteiger partial charge in [0.15, 0.2) is 0 Å². The Labute approximate surface area is 171 Å². The van der Waals surface area contributed by atoms with Crippen LogP contribution in [0.5, 0.6) is 0 Å². The van der Waals surface area contributed by atoms with Crippen molar-refractivity contribution in [2.75, 3.05) is 4.72 Å². The third-order valence-corrected chi connectivity index (χ3v) is 5.52. The normalized spacial score (nSPS) is 12.2. The van der Waals surface area contributed by atoms with E-state index in [9.17, 15) is 17.5 Å². The van der Waals surface area contributed by atoms with E-state index in [1.807, 2.05) is 12.4 Å².